The fourth-order valence-electron chi connectivity index (χ4n) is 1.03. The van der Waals surface area contributed by atoms with Gasteiger partial charge in [-0.1, -0.05) is 0 Å². The number of nitrogens with zero attached hydrogens (tertiary/aromatic N) is 1. The van der Waals surface area contributed by atoms with Crippen LogP contribution in [0.25, 0.3) is 10.1 Å². The summed E-state index contributed by atoms with van der Waals surface area (Å²) >= 11 is 4.86. The van der Waals surface area contributed by atoms with Gasteiger partial charge in [-0.15, -0.1) is 11.3 Å². The van der Waals surface area contributed by atoms with Gasteiger partial charge in [0.05, 0.1) is 8.49 Å². The molecule has 0 fully saturated rings. The summed E-state index contributed by atoms with van der Waals surface area (Å²) in [6.45, 7) is 0. The van der Waals surface area contributed by atoms with Crippen molar-refractivity contribution < 1.29 is 9.90 Å². The highest BCUT2D eigenvalue weighted by molar-refractivity contribution is 9.11. The van der Waals surface area contributed by atoms with Crippen LogP contribution in [0.2, 0.25) is 0 Å². The van der Waals surface area contributed by atoms with Crippen molar-refractivity contribution in [3.8, 4) is 0 Å². The zero-order chi connectivity index (χ0) is 9.42. The molecule has 0 aliphatic carbocycles. The van der Waals surface area contributed by atoms with Crippen molar-refractivity contribution in [2.75, 3.05) is 0 Å². The lowest BCUT2D eigenvalue weighted by molar-refractivity contribution is 0.0691. The summed E-state index contributed by atoms with van der Waals surface area (Å²) in [5.74, 6) is -0.996. The van der Waals surface area contributed by atoms with Gasteiger partial charge in [0.15, 0.2) is 0 Å². The van der Waals surface area contributed by atoms with E-state index < -0.39 is 5.97 Å². The number of carbonyl (C=O) groups is 1. The lowest BCUT2D eigenvalue weighted by atomic mass is 10.3. The Morgan fingerprint density at radius 2 is 2.31 bits per heavy atom. The van der Waals surface area contributed by atoms with E-state index in [-0.39, 0.29) is 5.69 Å². The van der Waals surface area contributed by atoms with Crippen LogP contribution in [-0.4, -0.2) is 16.1 Å². The van der Waals surface area contributed by atoms with Gasteiger partial charge in [-0.3, -0.25) is 0 Å². The minimum absolute atomic E-state index is 0.0813. The van der Waals surface area contributed by atoms with E-state index in [0.29, 0.717) is 0 Å². The van der Waals surface area contributed by atoms with Gasteiger partial charge >= 0.3 is 5.97 Å². The van der Waals surface area contributed by atoms with Gasteiger partial charge < -0.3 is 5.11 Å². The Labute approximate surface area is 86.2 Å². The Bertz CT molecular complexity index is 480. The molecular weight excluding hydrogens is 254 g/mol. The highest BCUT2D eigenvalue weighted by Crippen LogP contribution is 2.29. The zero-order valence-corrected chi connectivity index (χ0v) is 8.72. The predicted molar refractivity (Wildman–Crippen MR) is 54.3 cm³/mol. The van der Waals surface area contributed by atoms with Gasteiger partial charge in [0, 0.05) is 6.20 Å². The average Bonchev–Trinajstić information content (AvgIpc) is 2.42. The summed E-state index contributed by atoms with van der Waals surface area (Å²) in [4.78, 5) is 14.4. The molecular formula is C8H4BrNO2S. The number of rotatable bonds is 1. The molecule has 0 atom stereocenters. The largest absolute Gasteiger partial charge is 0.477 e. The zero-order valence-electron chi connectivity index (χ0n) is 6.32. The summed E-state index contributed by atoms with van der Waals surface area (Å²) in [6, 6.07) is 3.45. The summed E-state index contributed by atoms with van der Waals surface area (Å²) in [5, 5.41) is 9.59. The Balaban J connectivity index is 2.67. The van der Waals surface area contributed by atoms with Crippen LogP contribution in [0.4, 0.5) is 0 Å². The fraction of sp³-hybridized carbons (Fsp3) is 0. The molecule has 0 radical (unpaired) electrons. The van der Waals surface area contributed by atoms with Crippen LogP contribution in [0.15, 0.2) is 22.1 Å². The molecule has 0 aromatic carbocycles. The smallest absolute Gasteiger partial charge is 0.354 e. The van der Waals surface area contributed by atoms with Crippen LogP contribution in [0, 0.1) is 0 Å². The molecule has 66 valence electrons. The quantitative estimate of drug-likeness (QED) is 0.855. The van der Waals surface area contributed by atoms with Crippen molar-refractivity contribution in [2.24, 2.45) is 0 Å². The Kier molecular flexibility index (Phi) is 2.05. The minimum atomic E-state index is -0.996. The second kappa shape index (κ2) is 3.08. The first-order valence-electron chi connectivity index (χ1n) is 3.45. The van der Waals surface area contributed by atoms with Crippen molar-refractivity contribution in [2.45, 2.75) is 0 Å². The number of thiophene rings is 1. The number of aromatic nitrogens is 1. The van der Waals surface area contributed by atoms with Gasteiger partial charge in [0.2, 0.25) is 0 Å². The molecule has 0 aliphatic heterocycles. The van der Waals surface area contributed by atoms with E-state index >= 15 is 0 Å². The molecule has 0 bridgehead atoms. The number of fused-ring (bicyclic) bond motifs is 1. The van der Waals surface area contributed by atoms with Crippen LogP contribution in [0.1, 0.15) is 10.5 Å². The van der Waals surface area contributed by atoms with Crippen LogP contribution in [0.5, 0.6) is 0 Å². The SMILES string of the molecule is O=C(O)c1cc2cc(Br)sc2cn1. The maximum atomic E-state index is 10.6. The number of hydrogen-bond donors (Lipinski definition) is 1. The monoisotopic (exact) mass is 257 g/mol. The average molecular weight is 258 g/mol. The van der Waals surface area contributed by atoms with Crippen molar-refractivity contribution in [3.05, 3.63) is 27.8 Å². The molecule has 2 rings (SSSR count). The van der Waals surface area contributed by atoms with E-state index in [4.69, 9.17) is 5.11 Å². The van der Waals surface area contributed by atoms with Crippen molar-refractivity contribution in [1.29, 1.82) is 0 Å². The number of halogens is 1. The topological polar surface area (TPSA) is 50.2 Å². The Morgan fingerprint density at radius 3 is 3.00 bits per heavy atom. The summed E-state index contributed by atoms with van der Waals surface area (Å²) in [6.07, 6.45) is 1.58. The number of aromatic carboxylic acids is 1. The fourth-order valence-corrected chi connectivity index (χ4v) is 2.54. The summed E-state index contributed by atoms with van der Waals surface area (Å²) in [5.41, 5.74) is 0.0813. The number of hydrogen-bond acceptors (Lipinski definition) is 3. The van der Waals surface area contributed by atoms with Gasteiger partial charge in [0.25, 0.3) is 0 Å². The lowest BCUT2D eigenvalue weighted by Gasteiger charge is -1.91. The number of carboxylic acids is 1. The molecule has 2 heterocycles. The van der Waals surface area contributed by atoms with Crippen molar-refractivity contribution >= 4 is 43.3 Å². The van der Waals surface area contributed by atoms with Crippen molar-refractivity contribution in [3.63, 3.8) is 0 Å². The lowest BCUT2D eigenvalue weighted by Crippen LogP contribution is -1.98. The molecule has 0 unspecified atom stereocenters. The molecule has 5 heteroatoms. The minimum Gasteiger partial charge on any atom is -0.477 e. The highest BCUT2D eigenvalue weighted by atomic mass is 79.9. The normalized spacial score (nSPS) is 10.5. The maximum absolute atomic E-state index is 10.6. The predicted octanol–water partition coefficient (Wildman–Crippen LogP) is 2.76. The van der Waals surface area contributed by atoms with Crippen LogP contribution < -0.4 is 0 Å². The van der Waals surface area contributed by atoms with Gasteiger partial charge in [-0.25, -0.2) is 9.78 Å². The third kappa shape index (κ3) is 1.57. The number of pyridine rings is 1. The van der Waals surface area contributed by atoms with Crippen molar-refractivity contribution in [1.82, 2.24) is 4.98 Å². The van der Waals surface area contributed by atoms with E-state index in [1.54, 1.807) is 12.3 Å². The molecule has 2 aromatic rings. The van der Waals surface area contributed by atoms with E-state index in [0.717, 1.165) is 13.9 Å². The van der Waals surface area contributed by atoms with Crippen LogP contribution >= 0.6 is 27.3 Å². The molecule has 2 aromatic heterocycles. The number of carboxylic acid groups (broad SMARTS) is 1. The molecule has 1 N–H and O–H groups in total. The highest BCUT2D eigenvalue weighted by Gasteiger charge is 2.06. The molecule has 13 heavy (non-hydrogen) atoms. The van der Waals surface area contributed by atoms with Gasteiger partial charge in [-0.2, -0.15) is 0 Å². The summed E-state index contributed by atoms with van der Waals surface area (Å²) < 4.78 is 1.96. The second-order valence-corrected chi connectivity index (χ2v) is 4.93. The molecule has 3 nitrogen and oxygen atoms in total. The van der Waals surface area contributed by atoms with Crippen LogP contribution in [0.3, 0.4) is 0 Å². The third-order valence-electron chi connectivity index (χ3n) is 1.59. The first-order chi connectivity index (χ1) is 6.16. The van der Waals surface area contributed by atoms with Gasteiger partial charge in [-0.05, 0) is 33.4 Å². The van der Waals surface area contributed by atoms with E-state index in [2.05, 4.69) is 20.9 Å². The second-order valence-electron chi connectivity index (χ2n) is 2.46. The maximum Gasteiger partial charge on any atom is 0.354 e. The first-order valence-corrected chi connectivity index (χ1v) is 5.06. The van der Waals surface area contributed by atoms with Crippen LogP contribution in [-0.2, 0) is 0 Å². The Morgan fingerprint density at radius 1 is 1.54 bits per heavy atom. The van der Waals surface area contributed by atoms with Gasteiger partial charge in [0.1, 0.15) is 5.69 Å². The molecule has 0 spiro atoms. The molecule has 0 saturated heterocycles. The van der Waals surface area contributed by atoms with E-state index in [9.17, 15) is 4.79 Å². The Hall–Kier alpha value is -0.940. The standard InChI is InChI=1S/C8H4BrNO2S/c9-7-2-4-1-5(8(11)12)10-3-6(4)13-7/h1-3H,(H,11,12). The first kappa shape index (κ1) is 8.65. The molecule has 0 saturated carbocycles. The third-order valence-corrected chi connectivity index (χ3v) is 3.18. The van der Waals surface area contributed by atoms with E-state index in [1.807, 2.05) is 6.07 Å². The summed E-state index contributed by atoms with van der Waals surface area (Å²) in [7, 11) is 0. The molecule has 0 aliphatic rings. The van der Waals surface area contributed by atoms with E-state index in [1.165, 1.54) is 11.3 Å². The molecule has 0 amide bonds.